The van der Waals surface area contributed by atoms with Crippen LogP contribution in [0.25, 0.3) is 12.2 Å². The van der Waals surface area contributed by atoms with Crippen molar-refractivity contribution in [2.45, 2.75) is 6.92 Å². The number of carbonyl (C=O) groups is 3. The highest BCUT2D eigenvalue weighted by Gasteiger charge is 2.15. The second-order valence-electron chi connectivity index (χ2n) is 8.02. The predicted octanol–water partition coefficient (Wildman–Crippen LogP) is 6.36. The van der Waals surface area contributed by atoms with Crippen molar-refractivity contribution >= 4 is 46.8 Å². The van der Waals surface area contributed by atoms with Gasteiger partial charge in [0.2, 0.25) is 0 Å². The lowest BCUT2D eigenvalue weighted by Gasteiger charge is -2.11. The monoisotopic (exact) mass is 492 g/mol. The molecule has 3 aromatic carbocycles. The van der Waals surface area contributed by atoms with Crippen LogP contribution in [0.2, 0.25) is 0 Å². The summed E-state index contributed by atoms with van der Waals surface area (Å²) in [6.07, 6.45) is 4.96. The van der Waals surface area contributed by atoms with Gasteiger partial charge in [0.15, 0.2) is 5.78 Å². The number of amides is 2. The van der Waals surface area contributed by atoms with Crippen molar-refractivity contribution in [1.29, 1.82) is 0 Å². The predicted molar refractivity (Wildman–Crippen MR) is 146 cm³/mol. The van der Waals surface area contributed by atoms with Gasteiger partial charge in [-0.25, -0.2) is 0 Å². The first kappa shape index (κ1) is 24.6. The molecule has 5 nitrogen and oxygen atoms in total. The van der Waals surface area contributed by atoms with Crippen molar-refractivity contribution < 1.29 is 14.4 Å². The van der Waals surface area contributed by atoms with Gasteiger partial charge in [-0.2, -0.15) is 11.3 Å². The summed E-state index contributed by atoms with van der Waals surface area (Å²) in [5.74, 6) is -0.984. The lowest BCUT2D eigenvalue weighted by molar-refractivity contribution is -0.113. The molecular weight excluding hydrogens is 468 g/mol. The molecule has 6 heteroatoms. The molecule has 1 heterocycles. The van der Waals surface area contributed by atoms with Crippen LogP contribution in [0.3, 0.4) is 0 Å². The maximum Gasteiger partial charge on any atom is 0.272 e. The number of thiophene rings is 1. The van der Waals surface area contributed by atoms with Crippen LogP contribution in [0, 0.1) is 6.92 Å². The zero-order chi connectivity index (χ0) is 25.3. The van der Waals surface area contributed by atoms with Crippen LogP contribution in [0.1, 0.15) is 37.4 Å². The molecule has 1 aromatic heterocycles. The quantitative estimate of drug-likeness (QED) is 0.222. The number of rotatable bonds is 8. The molecule has 4 rings (SSSR count). The van der Waals surface area contributed by atoms with E-state index < -0.39 is 5.91 Å². The van der Waals surface area contributed by atoms with Crippen molar-refractivity contribution in [2.24, 2.45) is 0 Å². The van der Waals surface area contributed by atoms with Crippen molar-refractivity contribution in [1.82, 2.24) is 5.32 Å². The minimum absolute atomic E-state index is 0.114. The topological polar surface area (TPSA) is 75.3 Å². The van der Waals surface area contributed by atoms with Crippen LogP contribution >= 0.6 is 11.3 Å². The third kappa shape index (κ3) is 6.52. The number of anilines is 1. The number of hydrogen-bond donors (Lipinski definition) is 2. The largest absolute Gasteiger partial charge is 0.321 e. The average Bonchev–Trinajstić information content (AvgIpc) is 3.42. The Bertz CT molecular complexity index is 1420. The van der Waals surface area contributed by atoms with Gasteiger partial charge in [0.25, 0.3) is 11.8 Å². The highest BCUT2D eigenvalue weighted by molar-refractivity contribution is 7.08. The van der Waals surface area contributed by atoms with Gasteiger partial charge in [-0.15, -0.1) is 0 Å². The highest BCUT2D eigenvalue weighted by Crippen LogP contribution is 2.16. The Morgan fingerprint density at radius 3 is 2.22 bits per heavy atom. The van der Waals surface area contributed by atoms with E-state index in [0.717, 1.165) is 16.7 Å². The molecule has 0 spiro atoms. The minimum Gasteiger partial charge on any atom is -0.321 e. The standard InChI is InChI=1S/C30H24N2O3S/c1-21-7-5-6-8-23(21)13-16-28(33)24-11-14-26(15-12-24)31-30(35)27(19-22-17-18-36-20-22)32-29(34)25-9-3-2-4-10-25/h2-20H,1H3,(H,31,35)(H,32,34)/b16-13+,27-19-. The molecule has 0 unspecified atom stereocenters. The van der Waals surface area contributed by atoms with E-state index in [2.05, 4.69) is 10.6 Å². The lowest BCUT2D eigenvalue weighted by atomic mass is 10.1. The number of allylic oxidation sites excluding steroid dienone is 1. The Labute approximate surface area is 213 Å². The van der Waals surface area contributed by atoms with Crippen LogP contribution in [-0.2, 0) is 4.79 Å². The van der Waals surface area contributed by atoms with Gasteiger partial charge in [-0.1, -0.05) is 48.5 Å². The SMILES string of the molecule is Cc1ccccc1/C=C/C(=O)c1ccc(NC(=O)/C(=C/c2ccsc2)NC(=O)c2ccccc2)cc1. The van der Waals surface area contributed by atoms with Crippen molar-refractivity contribution in [3.63, 3.8) is 0 Å². The number of hydrogen-bond acceptors (Lipinski definition) is 4. The molecule has 178 valence electrons. The fourth-order valence-corrected chi connectivity index (χ4v) is 4.04. The summed E-state index contributed by atoms with van der Waals surface area (Å²) < 4.78 is 0. The summed E-state index contributed by atoms with van der Waals surface area (Å²) in [4.78, 5) is 38.3. The van der Waals surface area contributed by atoms with Crippen LogP contribution in [0.15, 0.2) is 107 Å². The van der Waals surface area contributed by atoms with E-state index >= 15 is 0 Å². The molecule has 0 aliphatic carbocycles. The molecule has 0 aliphatic rings. The molecule has 0 aliphatic heterocycles. The molecule has 0 saturated heterocycles. The summed E-state index contributed by atoms with van der Waals surface area (Å²) in [7, 11) is 0. The normalized spacial score (nSPS) is 11.3. The first-order chi connectivity index (χ1) is 17.5. The van der Waals surface area contributed by atoms with E-state index in [9.17, 15) is 14.4 Å². The van der Waals surface area contributed by atoms with Crippen molar-refractivity contribution in [3.05, 3.63) is 135 Å². The van der Waals surface area contributed by atoms with Crippen molar-refractivity contribution in [3.8, 4) is 0 Å². The van der Waals surface area contributed by atoms with E-state index in [1.165, 1.54) is 17.4 Å². The van der Waals surface area contributed by atoms with Crippen LogP contribution in [0.4, 0.5) is 5.69 Å². The maximum atomic E-state index is 13.0. The van der Waals surface area contributed by atoms with Gasteiger partial charge in [0.05, 0.1) is 0 Å². The Morgan fingerprint density at radius 2 is 1.53 bits per heavy atom. The molecule has 0 radical (unpaired) electrons. The molecule has 2 amide bonds. The van der Waals surface area contributed by atoms with Gasteiger partial charge in [0, 0.05) is 16.8 Å². The van der Waals surface area contributed by atoms with Crippen molar-refractivity contribution in [2.75, 3.05) is 5.32 Å². The Kier molecular flexibility index (Phi) is 8.01. The maximum absolute atomic E-state index is 13.0. The second kappa shape index (κ2) is 11.7. The van der Waals surface area contributed by atoms with E-state index in [4.69, 9.17) is 0 Å². The van der Waals surface area contributed by atoms with Gasteiger partial charge >= 0.3 is 0 Å². The zero-order valence-corrected chi connectivity index (χ0v) is 20.4. The van der Waals surface area contributed by atoms with Crippen LogP contribution in [-0.4, -0.2) is 17.6 Å². The highest BCUT2D eigenvalue weighted by atomic mass is 32.1. The third-order valence-electron chi connectivity index (χ3n) is 5.41. The summed E-state index contributed by atoms with van der Waals surface area (Å²) in [6, 6.07) is 25.0. The molecule has 0 atom stereocenters. The lowest BCUT2D eigenvalue weighted by Crippen LogP contribution is -2.30. The Balaban J connectivity index is 1.46. The molecule has 4 aromatic rings. The molecule has 0 saturated carbocycles. The Morgan fingerprint density at radius 1 is 0.806 bits per heavy atom. The third-order valence-corrected chi connectivity index (χ3v) is 6.11. The number of carbonyl (C=O) groups excluding carboxylic acids is 3. The first-order valence-corrected chi connectivity index (χ1v) is 12.2. The summed E-state index contributed by atoms with van der Waals surface area (Å²) >= 11 is 1.49. The average molecular weight is 493 g/mol. The smallest absolute Gasteiger partial charge is 0.272 e. The van der Waals surface area contributed by atoms with Gasteiger partial charge in [-0.3, -0.25) is 14.4 Å². The number of benzene rings is 3. The van der Waals surface area contributed by atoms with Gasteiger partial charge in [0.1, 0.15) is 5.70 Å². The molecule has 0 fully saturated rings. The number of aryl methyl sites for hydroxylation is 1. The van der Waals surface area contributed by atoms with E-state index in [1.54, 1.807) is 60.7 Å². The number of ketones is 1. The fraction of sp³-hybridized carbons (Fsp3) is 0.0333. The van der Waals surface area contributed by atoms with Crippen LogP contribution < -0.4 is 10.6 Å². The summed E-state index contributed by atoms with van der Waals surface area (Å²) in [5.41, 5.74) is 4.45. The zero-order valence-electron chi connectivity index (χ0n) is 19.6. The molecule has 2 N–H and O–H groups in total. The Hall–Kier alpha value is -4.55. The molecule has 36 heavy (non-hydrogen) atoms. The van der Waals surface area contributed by atoms with E-state index in [-0.39, 0.29) is 17.4 Å². The van der Waals surface area contributed by atoms with Gasteiger partial charge in [-0.05, 0) is 89.0 Å². The summed E-state index contributed by atoms with van der Waals surface area (Å²) in [5, 5.41) is 9.28. The fourth-order valence-electron chi connectivity index (χ4n) is 3.42. The van der Waals surface area contributed by atoms with E-state index in [0.29, 0.717) is 16.8 Å². The van der Waals surface area contributed by atoms with E-state index in [1.807, 2.05) is 54.1 Å². The number of nitrogens with one attached hydrogen (secondary N) is 2. The van der Waals surface area contributed by atoms with Crippen LogP contribution in [0.5, 0.6) is 0 Å². The van der Waals surface area contributed by atoms with Gasteiger partial charge < -0.3 is 10.6 Å². The summed E-state index contributed by atoms with van der Waals surface area (Å²) in [6.45, 7) is 1.99. The molecular formula is C30H24N2O3S. The first-order valence-electron chi connectivity index (χ1n) is 11.3. The molecule has 0 bridgehead atoms. The minimum atomic E-state index is -0.469. The second-order valence-corrected chi connectivity index (χ2v) is 8.80.